The Morgan fingerprint density at radius 2 is 1.78 bits per heavy atom. The molecule has 134 valence electrons. The predicted molar refractivity (Wildman–Crippen MR) is 111 cm³/mol. The number of hydrogen-bond donors (Lipinski definition) is 1. The highest BCUT2D eigenvalue weighted by Gasteiger charge is 2.21. The fourth-order valence-corrected chi connectivity index (χ4v) is 3.44. The molecule has 0 radical (unpaired) electrons. The second-order valence-corrected chi connectivity index (χ2v) is 6.77. The minimum atomic E-state index is 0.532. The monoisotopic (exact) mass is 354 g/mol. The molecule has 0 amide bonds. The third-order valence-corrected chi connectivity index (χ3v) is 4.96. The Bertz CT molecular complexity index is 1020. The summed E-state index contributed by atoms with van der Waals surface area (Å²) < 4.78 is 0. The van der Waals surface area contributed by atoms with Gasteiger partial charge < -0.3 is 0 Å². The van der Waals surface area contributed by atoms with Gasteiger partial charge in [-0.3, -0.25) is 5.21 Å². The average Bonchev–Trinajstić information content (AvgIpc) is 2.72. The quantitative estimate of drug-likeness (QED) is 0.657. The highest BCUT2D eigenvalue weighted by Crippen LogP contribution is 2.34. The first kappa shape index (κ1) is 17.3. The summed E-state index contributed by atoms with van der Waals surface area (Å²) in [5.74, 6) is 0.535. The lowest BCUT2D eigenvalue weighted by molar-refractivity contribution is 0.283. The summed E-state index contributed by atoms with van der Waals surface area (Å²) >= 11 is 0. The first-order valence-corrected chi connectivity index (χ1v) is 9.18. The van der Waals surface area contributed by atoms with Crippen LogP contribution in [0.5, 0.6) is 0 Å². The molecule has 0 fully saturated rings. The van der Waals surface area contributed by atoms with Crippen LogP contribution in [0, 0.1) is 0 Å². The lowest BCUT2D eigenvalue weighted by Crippen LogP contribution is -2.21. The molecule has 1 aliphatic heterocycles. The molecule has 27 heavy (non-hydrogen) atoms. The maximum Gasteiger partial charge on any atom is 0.165 e. The van der Waals surface area contributed by atoms with Crippen molar-refractivity contribution in [1.82, 2.24) is 4.98 Å². The van der Waals surface area contributed by atoms with Gasteiger partial charge in [-0.1, -0.05) is 62.0 Å². The Balaban J connectivity index is 1.60. The molecule has 0 atom stereocenters. The molecule has 1 aliphatic rings. The van der Waals surface area contributed by atoms with Crippen molar-refractivity contribution >= 4 is 11.4 Å². The zero-order valence-corrected chi connectivity index (χ0v) is 15.4. The smallest absolute Gasteiger partial charge is 0.165 e. The fraction of sp³-hybridized carbons (Fsp3) is 0.125. The third-order valence-electron chi connectivity index (χ3n) is 4.96. The SMILES string of the molecule is C=C1C=C(Cc2ccc(-c3cccc(CC)c3)cc2)c2cccnc2N1O. The molecule has 1 N–H and O–H groups in total. The Morgan fingerprint density at radius 3 is 2.56 bits per heavy atom. The van der Waals surface area contributed by atoms with Crippen LogP contribution in [0.15, 0.2) is 85.2 Å². The van der Waals surface area contributed by atoms with Gasteiger partial charge in [0.05, 0.1) is 5.70 Å². The van der Waals surface area contributed by atoms with Crippen LogP contribution in [-0.2, 0) is 12.8 Å². The summed E-state index contributed by atoms with van der Waals surface area (Å²) in [4.78, 5) is 4.29. The zero-order valence-electron chi connectivity index (χ0n) is 15.4. The molecular formula is C24H22N2O. The van der Waals surface area contributed by atoms with Gasteiger partial charge in [0.1, 0.15) is 0 Å². The van der Waals surface area contributed by atoms with Gasteiger partial charge in [0.2, 0.25) is 0 Å². The van der Waals surface area contributed by atoms with Crippen LogP contribution in [-0.4, -0.2) is 10.2 Å². The third kappa shape index (κ3) is 3.42. The second kappa shape index (κ2) is 7.22. The Hall–Kier alpha value is -3.17. The summed E-state index contributed by atoms with van der Waals surface area (Å²) in [5.41, 5.74) is 7.60. The van der Waals surface area contributed by atoms with Crippen LogP contribution in [0.2, 0.25) is 0 Å². The van der Waals surface area contributed by atoms with Crippen LogP contribution >= 0.6 is 0 Å². The number of hydroxylamine groups is 1. The van der Waals surface area contributed by atoms with Gasteiger partial charge in [-0.15, -0.1) is 0 Å². The van der Waals surface area contributed by atoms with E-state index in [9.17, 15) is 5.21 Å². The van der Waals surface area contributed by atoms with Crippen molar-refractivity contribution in [2.75, 3.05) is 5.06 Å². The number of anilines is 1. The molecular weight excluding hydrogens is 332 g/mol. The lowest BCUT2D eigenvalue weighted by Gasteiger charge is -2.25. The van der Waals surface area contributed by atoms with Crippen LogP contribution in [0.1, 0.15) is 23.6 Å². The van der Waals surface area contributed by atoms with Crippen molar-refractivity contribution in [2.24, 2.45) is 0 Å². The minimum absolute atomic E-state index is 0.532. The zero-order chi connectivity index (χ0) is 18.8. The molecule has 3 aromatic rings. The van der Waals surface area contributed by atoms with Crippen LogP contribution in [0.4, 0.5) is 5.82 Å². The molecule has 0 unspecified atom stereocenters. The van der Waals surface area contributed by atoms with Crippen LogP contribution in [0.3, 0.4) is 0 Å². The number of pyridine rings is 1. The van der Waals surface area contributed by atoms with E-state index in [0.29, 0.717) is 11.5 Å². The highest BCUT2D eigenvalue weighted by molar-refractivity contribution is 5.82. The van der Waals surface area contributed by atoms with E-state index in [1.165, 1.54) is 22.3 Å². The molecule has 2 heterocycles. The molecule has 3 nitrogen and oxygen atoms in total. The highest BCUT2D eigenvalue weighted by atomic mass is 16.5. The number of hydrogen-bond acceptors (Lipinski definition) is 3. The molecule has 1 aromatic heterocycles. The Labute approximate surface area is 159 Å². The van der Waals surface area contributed by atoms with E-state index < -0.39 is 0 Å². The molecule has 0 saturated heterocycles. The van der Waals surface area contributed by atoms with Crippen molar-refractivity contribution < 1.29 is 5.21 Å². The van der Waals surface area contributed by atoms with Crippen LogP contribution < -0.4 is 5.06 Å². The van der Waals surface area contributed by atoms with E-state index in [4.69, 9.17) is 0 Å². The number of fused-ring (bicyclic) bond motifs is 1. The van der Waals surface area contributed by atoms with Gasteiger partial charge in [-0.25, -0.2) is 10.0 Å². The molecule has 4 rings (SSSR count). The number of benzene rings is 2. The first-order valence-electron chi connectivity index (χ1n) is 9.18. The number of aryl methyl sites for hydroxylation is 1. The summed E-state index contributed by atoms with van der Waals surface area (Å²) in [6, 6.07) is 21.2. The minimum Gasteiger partial charge on any atom is -0.282 e. The summed E-state index contributed by atoms with van der Waals surface area (Å²) in [5, 5.41) is 11.2. The molecule has 3 heteroatoms. The largest absolute Gasteiger partial charge is 0.282 e. The lowest BCUT2D eigenvalue weighted by atomic mass is 9.94. The van der Waals surface area contributed by atoms with Gasteiger partial charge in [0.25, 0.3) is 0 Å². The Kier molecular flexibility index (Phi) is 4.61. The summed E-state index contributed by atoms with van der Waals surface area (Å²) in [7, 11) is 0. The topological polar surface area (TPSA) is 36.4 Å². The fourth-order valence-electron chi connectivity index (χ4n) is 3.44. The number of rotatable bonds is 4. The van der Waals surface area contributed by atoms with Crippen molar-refractivity contribution in [2.45, 2.75) is 19.8 Å². The standard InChI is InChI=1S/C24H22N2O/c1-3-18-6-4-7-21(15-18)20-11-9-19(10-12-20)16-22-14-17(2)26(27)24-23(22)8-5-13-25-24/h4-15,27H,2-3,16H2,1H3. The van der Waals surface area contributed by atoms with Crippen molar-refractivity contribution in [3.8, 4) is 11.1 Å². The van der Waals surface area contributed by atoms with Gasteiger partial charge in [-0.2, -0.15) is 0 Å². The number of aromatic nitrogens is 1. The molecule has 0 spiro atoms. The maximum absolute atomic E-state index is 10.1. The summed E-state index contributed by atoms with van der Waals surface area (Å²) in [6.45, 7) is 6.09. The average molecular weight is 354 g/mol. The van der Waals surface area contributed by atoms with E-state index in [1.807, 2.05) is 18.2 Å². The first-order chi connectivity index (χ1) is 13.2. The summed E-state index contributed by atoms with van der Waals surface area (Å²) in [6.07, 6.45) is 5.40. The van der Waals surface area contributed by atoms with Crippen molar-refractivity contribution in [3.63, 3.8) is 0 Å². The maximum atomic E-state index is 10.1. The van der Waals surface area contributed by atoms with E-state index in [-0.39, 0.29) is 0 Å². The van der Waals surface area contributed by atoms with Crippen molar-refractivity contribution in [3.05, 3.63) is 102 Å². The predicted octanol–water partition coefficient (Wildman–Crippen LogP) is 5.66. The van der Waals surface area contributed by atoms with E-state index in [2.05, 4.69) is 67.0 Å². The normalized spacial score (nSPS) is 13.3. The van der Waals surface area contributed by atoms with Gasteiger partial charge in [0.15, 0.2) is 5.82 Å². The van der Waals surface area contributed by atoms with Gasteiger partial charge in [0, 0.05) is 11.8 Å². The van der Waals surface area contributed by atoms with Gasteiger partial charge >= 0.3 is 0 Å². The molecule has 0 saturated carbocycles. The van der Waals surface area contributed by atoms with E-state index in [1.54, 1.807) is 6.20 Å². The van der Waals surface area contributed by atoms with Crippen LogP contribution in [0.25, 0.3) is 16.7 Å². The van der Waals surface area contributed by atoms with E-state index in [0.717, 1.165) is 29.0 Å². The van der Waals surface area contributed by atoms with Gasteiger partial charge in [-0.05, 0) is 58.9 Å². The Morgan fingerprint density at radius 1 is 0.963 bits per heavy atom. The molecule has 2 aromatic carbocycles. The number of allylic oxidation sites excluding steroid dienone is 2. The second-order valence-electron chi connectivity index (χ2n) is 6.77. The molecule has 0 aliphatic carbocycles. The van der Waals surface area contributed by atoms with Crippen molar-refractivity contribution in [1.29, 1.82) is 0 Å². The number of nitrogens with zero attached hydrogens (tertiary/aromatic N) is 2. The molecule has 0 bridgehead atoms. The van der Waals surface area contributed by atoms with E-state index >= 15 is 0 Å².